The number of aromatic nitrogens is 2. The van der Waals surface area contributed by atoms with Crippen LogP contribution in [0, 0.1) is 0 Å². The smallest absolute Gasteiger partial charge is 0.475 e. The number of alkyl halides is 6. The first-order valence-corrected chi connectivity index (χ1v) is 14.4. The van der Waals surface area contributed by atoms with E-state index in [-0.39, 0.29) is 17.5 Å². The van der Waals surface area contributed by atoms with Gasteiger partial charge in [0, 0.05) is 5.39 Å². The lowest BCUT2D eigenvalue weighted by molar-refractivity contribution is -0.193. The van der Waals surface area contributed by atoms with Crippen molar-refractivity contribution < 1.29 is 60.2 Å². The molecule has 0 saturated carbocycles. The maximum Gasteiger partial charge on any atom is 0.490 e. The highest BCUT2D eigenvalue weighted by molar-refractivity contribution is 6.03. The number of aryl methyl sites for hydroxylation is 1. The molecular formula is C31H32F6N6O7. The van der Waals surface area contributed by atoms with E-state index >= 15 is 0 Å². The van der Waals surface area contributed by atoms with E-state index < -0.39 is 42.3 Å². The van der Waals surface area contributed by atoms with E-state index in [0.717, 1.165) is 16.5 Å². The van der Waals surface area contributed by atoms with Crippen LogP contribution < -0.4 is 22.1 Å². The topological polar surface area (TPSA) is 224 Å². The van der Waals surface area contributed by atoms with Gasteiger partial charge in [-0.2, -0.15) is 26.3 Å². The predicted octanol–water partition coefficient (Wildman–Crippen LogP) is 4.60. The van der Waals surface area contributed by atoms with E-state index in [4.69, 9.17) is 35.7 Å². The van der Waals surface area contributed by atoms with E-state index in [1.807, 2.05) is 60.7 Å². The molecule has 8 N–H and O–H groups in total. The summed E-state index contributed by atoms with van der Waals surface area (Å²) in [6, 6.07) is 18.1. The third-order valence-corrected chi connectivity index (χ3v) is 6.32. The van der Waals surface area contributed by atoms with Crippen molar-refractivity contribution in [3.8, 4) is 0 Å². The Hall–Kier alpha value is -5.56. The van der Waals surface area contributed by atoms with Crippen molar-refractivity contribution in [2.24, 2.45) is 11.5 Å². The van der Waals surface area contributed by atoms with Crippen LogP contribution in [0.2, 0.25) is 0 Å². The Balaban J connectivity index is 0.000000521. The minimum atomic E-state index is -5.08. The number of oxazole rings is 1. The van der Waals surface area contributed by atoms with Gasteiger partial charge < -0.3 is 36.7 Å². The molecule has 4 aromatic rings. The first-order chi connectivity index (χ1) is 23.4. The molecule has 50 heavy (non-hydrogen) atoms. The van der Waals surface area contributed by atoms with Crippen LogP contribution in [0.4, 0.5) is 32.0 Å². The number of carboxylic acids is 2. The number of carbonyl (C=O) groups excluding carboxylic acids is 2. The van der Waals surface area contributed by atoms with Gasteiger partial charge in [0.05, 0.1) is 23.4 Å². The number of hydrogen-bond donors (Lipinski definition) is 6. The molecule has 13 nitrogen and oxygen atoms in total. The van der Waals surface area contributed by atoms with Crippen molar-refractivity contribution in [2.75, 3.05) is 11.9 Å². The van der Waals surface area contributed by atoms with Gasteiger partial charge in [-0.05, 0) is 49.9 Å². The number of pyridine rings is 1. The van der Waals surface area contributed by atoms with E-state index in [1.54, 1.807) is 6.20 Å². The maximum absolute atomic E-state index is 12.8. The van der Waals surface area contributed by atoms with Gasteiger partial charge in [0.15, 0.2) is 5.69 Å². The van der Waals surface area contributed by atoms with Crippen LogP contribution in [0.3, 0.4) is 0 Å². The fraction of sp³-hybridized carbons (Fsp3) is 0.290. The molecule has 0 saturated heterocycles. The highest BCUT2D eigenvalue weighted by atomic mass is 19.4. The predicted molar refractivity (Wildman–Crippen MR) is 165 cm³/mol. The highest BCUT2D eigenvalue weighted by Gasteiger charge is 2.39. The Bertz CT molecular complexity index is 1690. The first-order valence-electron chi connectivity index (χ1n) is 14.4. The van der Waals surface area contributed by atoms with Crippen molar-refractivity contribution in [3.05, 3.63) is 90.3 Å². The molecule has 4 rings (SSSR count). The van der Waals surface area contributed by atoms with Gasteiger partial charge >= 0.3 is 24.3 Å². The molecular weight excluding hydrogens is 682 g/mol. The Morgan fingerprint density at radius 2 is 1.46 bits per heavy atom. The number of anilines is 1. The second kappa shape index (κ2) is 18.8. The molecule has 0 radical (unpaired) electrons. The second-order valence-electron chi connectivity index (χ2n) is 10.2. The van der Waals surface area contributed by atoms with Crippen LogP contribution >= 0.6 is 0 Å². The lowest BCUT2D eigenvalue weighted by Gasteiger charge is -2.18. The number of carbonyl (C=O) groups is 4. The first kappa shape index (κ1) is 40.6. The van der Waals surface area contributed by atoms with Crippen molar-refractivity contribution in [1.82, 2.24) is 15.3 Å². The van der Waals surface area contributed by atoms with Crippen LogP contribution in [0.15, 0.2) is 77.5 Å². The molecule has 0 fully saturated rings. The quantitative estimate of drug-likeness (QED) is 0.118. The Morgan fingerprint density at radius 1 is 0.880 bits per heavy atom. The summed E-state index contributed by atoms with van der Waals surface area (Å²) in [5.74, 6) is -6.02. The number of para-hydroxylation sites is 1. The molecule has 19 heteroatoms. The van der Waals surface area contributed by atoms with E-state index in [0.29, 0.717) is 37.9 Å². The van der Waals surface area contributed by atoms with Crippen molar-refractivity contribution in [1.29, 1.82) is 0 Å². The standard InChI is InChI=1S/C27H30N6O3.2C2HF3O2/c28-14-6-10-21(29)25(34)32-23(13-12-18-7-2-1-3-8-18)27-33-24(17-36-27)26(35)31-20-15-19-9-4-5-11-22(19)30-16-20;2*3-2(4,5)1(6)7/h1-5,7-9,11,15-17,21,23H,6,10,12-14,28-29H2,(H,31,35)(H,32,34);2*(H,6,7)/t21-,23-;;/m1../s1. The van der Waals surface area contributed by atoms with E-state index in [1.165, 1.54) is 6.26 Å². The Labute approximate surface area is 279 Å². The van der Waals surface area contributed by atoms with Gasteiger partial charge in [0.25, 0.3) is 5.91 Å². The average Bonchev–Trinajstić information content (AvgIpc) is 3.56. The fourth-order valence-corrected chi connectivity index (χ4v) is 3.85. The lowest BCUT2D eigenvalue weighted by atomic mass is 10.0. The van der Waals surface area contributed by atoms with Crippen molar-refractivity contribution >= 4 is 40.3 Å². The molecule has 0 aliphatic rings. The lowest BCUT2D eigenvalue weighted by Crippen LogP contribution is -2.42. The molecule has 2 amide bonds. The third-order valence-electron chi connectivity index (χ3n) is 6.32. The average molecular weight is 715 g/mol. The van der Waals surface area contributed by atoms with E-state index in [9.17, 15) is 35.9 Å². The summed E-state index contributed by atoms with van der Waals surface area (Å²) >= 11 is 0. The van der Waals surface area contributed by atoms with Crippen LogP contribution in [-0.2, 0) is 20.8 Å². The molecule has 2 aromatic carbocycles. The summed E-state index contributed by atoms with van der Waals surface area (Å²) in [5, 5.41) is 20.9. The van der Waals surface area contributed by atoms with Crippen LogP contribution in [-0.4, -0.2) is 68.9 Å². The SMILES string of the molecule is NCCC[C@@H](N)C(=O)N[C@H](CCc1ccccc1)c1nc(C(=O)Nc2cnc3ccccc3c2)co1.O=C(O)C(F)(F)F.O=C(O)C(F)(F)F. The van der Waals surface area contributed by atoms with Gasteiger partial charge in [-0.25, -0.2) is 14.6 Å². The molecule has 0 bridgehead atoms. The largest absolute Gasteiger partial charge is 0.490 e. The number of fused-ring (bicyclic) bond motifs is 1. The third kappa shape index (κ3) is 13.9. The molecule has 2 atom stereocenters. The summed E-state index contributed by atoms with van der Waals surface area (Å²) in [6.45, 7) is 0.462. The zero-order chi connectivity index (χ0) is 37.5. The Kier molecular flexibility index (Phi) is 15.3. The molecule has 2 heterocycles. The second-order valence-corrected chi connectivity index (χ2v) is 10.2. The summed E-state index contributed by atoms with van der Waals surface area (Å²) in [6.07, 6.45) is -4.96. The monoisotopic (exact) mass is 714 g/mol. The normalized spacial score (nSPS) is 12.3. The number of amides is 2. The number of rotatable bonds is 11. The number of nitrogens with zero attached hydrogens (tertiary/aromatic N) is 2. The van der Waals surface area contributed by atoms with Crippen LogP contribution in [0.1, 0.15) is 47.2 Å². The fourth-order valence-electron chi connectivity index (χ4n) is 3.85. The van der Waals surface area contributed by atoms with Gasteiger partial charge in [0.2, 0.25) is 11.8 Å². The number of carboxylic acid groups (broad SMARTS) is 2. The number of nitrogens with two attached hydrogens (primary N) is 2. The number of aliphatic carboxylic acids is 2. The summed E-state index contributed by atoms with van der Waals surface area (Å²) in [7, 11) is 0. The highest BCUT2D eigenvalue weighted by Crippen LogP contribution is 2.21. The zero-order valence-electron chi connectivity index (χ0n) is 25.9. The molecule has 0 unspecified atom stereocenters. The molecule has 2 aromatic heterocycles. The van der Waals surface area contributed by atoms with Crippen LogP contribution in [0.25, 0.3) is 10.9 Å². The number of hydrogen-bond acceptors (Lipinski definition) is 9. The summed E-state index contributed by atoms with van der Waals surface area (Å²) in [5.41, 5.74) is 14.2. The number of halogens is 6. The van der Waals surface area contributed by atoms with Crippen molar-refractivity contribution in [3.63, 3.8) is 0 Å². The van der Waals surface area contributed by atoms with E-state index in [2.05, 4.69) is 20.6 Å². The zero-order valence-corrected chi connectivity index (χ0v) is 25.9. The minimum absolute atomic E-state index is 0.101. The Morgan fingerprint density at radius 3 is 2.04 bits per heavy atom. The van der Waals surface area contributed by atoms with Crippen molar-refractivity contribution in [2.45, 2.75) is 50.1 Å². The van der Waals surface area contributed by atoms with Gasteiger partial charge in [-0.3, -0.25) is 14.6 Å². The van der Waals surface area contributed by atoms with Gasteiger partial charge in [0.1, 0.15) is 12.3 Å². The van der Waals surface area contributed by atoms with Crippen LogP contribution in [0.5, 0.6) is 0 Å². The minimum Gasteiger partial charge on any atom is -0.475 e. The molecule has 0 aliphatic carbocycles. The number of nitrogens with one attached hydrogen (secondary N) is 2. The van der Waals surface area contributed by atoms with Gasteiger partial charge in [-0.1, -0.05) is 48.5 Å². The maximum atomic E-state index is 12.8. The number of benzene rings is 2. The molecule has 0 aliphatic heterocycles. The molecule has 270 valence electrons. The summed E-state index contributed by atoms with van der Waals surface area (Å²) < 4.78 is 69.1. The molecule has 0 spiro atoms. The summed E-state index contributed by atoms with van der Waals surface area (Å²) in [4.78, 5) is 52.1. The van der Waals surface area contributed by atoms with Gasteiger partial charge in [-0.15, -0.1) is 0 Å².